The summed E-state index contributed by atoms with van der Waals surface area (Å²) in [5, 5.41) is 0. The summed E-state index contributed by atoms with van der Waals surface area (Å²) in [5.41, 5.74) is 2.37. The van der Waals surface area contributed by atoms with Crippen molar-refractivity contribution in [2.75, 3.05) is 44.7 Å². The molecule has 0 bridgehead atoms. The molecule has 8 nitrogen and oxygen atoms in total. The monoisotopic (exact) mass is 579 g/mol. The van der Waals surface area contributed by atoms with E-state index in [-0.39, 0.29) is 17.0 Å². The van der Waals surface area contributed by atoms with Crippen molar-refractivity contribution in [2.45, 2.75) is 56.5 Å². The second kappa shape index (κ2) is 12.5. The topological polar surface area (TPSA) is 79.4 Å². The zero-order valence-corrected chi connectivity index (χ0v) is 25.7. The third-order valence-electron chi connectivity index (χ3n) is 8.01. The van der Waals surface area contributed by atoms with Gasteiger partial charge in [-0.1, -0.05) is 57.0 Å². The van der Waals surface area contributed by atoms with Gasteiger partial charge in [-0.15, -0.1) is 0 Å². The minimum atomic E-state index is -4.10. The number of carbonyl (C=O) groups excluding carboxylic acids is 1. The van der Waals surface area contributed by atoms with Gasteiger partial charge in [-0.05, 0) is 54.8 Å². The maximum absolute atomic E-state index is 14.9. The molecular weight excluding hydrogens is 538 g/mol. The van der Waals surface area contributed by atoms with Crippen LogP contribution < -0.4 is 14.5 Å². The van der Waals surface area contributed by atoms with Crippen LogP contribution in [0.25, 0.3) is 0 Å². The number of nitrogens with zero attached hydrogens (tertiary/aromatic N) is 3. The van der Waals surface area contributed by atoms with E-state index >= 15 is 0 Å². The Morgan fingerprint density at radius 1 is 1.00 bits per heavy atom. The normalized spacial score (nSPS) is 18.3. The minimum absolute atomic E-state index is 0.0905. The second-order valence-electron chi connectivity index (χ2n) is 10.7. The summed E-state index contributed by atoms with van der Waals surface area (Å²) in [5.74, 6) is 0.122. The molecule has 0 saturated heterocycles. The van der Waals surface area contributed by atoms with Crippen molar-refractivity contribution in [3.05, 3.63) is 77.9 Å². The first-order valence-electron chi connectivity index (χ1n) is 14.0. The molecule has 3 aromatic carbocycles. The number of anilines is 3. The van der Waals surface area contributed by atoms with Crippen molar-refractivity contribution in [3.63, 3.8) is 0 Å². The third kappa shape index (κ3) is 5.92. The number of hydrogen-bond acceptors (Lipinski definition) is 7. The van der Waals surface area contributed by atoms with Crippen LogP contribution in [0, 0.1) is 0 Å². The van der Waals surface area contributed by atoms with Crippen LogP contribution in [0.2, 0.25) is 0 Å². The van der Waals surface area contributed by atoms with Crippen molar-refractivity contribution in [3.8, 4) is 5.75 Å². The number of hydrogen-bond donors (Lipinski definition) is 0. The lowest BCUT2D eigenvalue weighted by molar-refractivity contribution is 0.0601. The van der Waals surface area contributed by atoms with Gasteiger partial charge in [0.05, 0.1) is 36.7 Å². The molecule has 4 rings (SSSR count). The second-order valence-corrected chi connectivity index (χ2v) is 12.5. The molecule has 0 fully saturated rings. The molecule has 0 amide bonds. The molecule has 0 saturated carbocycles. The van der Waals surface area contributed by atoms with Gasteiger partial charge in [0.25, 0.3) is 0 Å². The molecule has 1 atom stereocenters. The molecular formula is C32H41N3O5S. The summed E-state index contributed by atoms with van der Waals surface area (Å²) >= 11 is 0. The van der Waals surface area contributed by atoms with Crippen LogP contribution >= 0.6 is 0 Å². The highest BCUT2D eigenvalue weighted by atomic mass is 32.2. The first-order valence-corrected chi connectivity index (χ1v) is 15.5. The number of methoxy groups -OCH3 is 2. The summed E-state index contributed by atoms with van der Waals surface area (Å²) in [6.45, 7) is 4.84. The average Bonchev–Trinajstić information content (AvgIpc) is 3.07. The van der Waals surface area contributed by atoms with E-state index in [0.29, 0.717) is 36.5 Å². The third-order valence-corrected chi connectivity index (χ3v) is 9.99. The van der Waals surface area contributed by atoms with E-state index in [1.54, 1.807) is 11.4 Å². The van der Waals surface area contributed by atoms with Gasteiger partial charge in [-0.25, -0.2) is 13.2 Å². The van der Waals surface area contributed by atoms with Crippen LogP contribution in [0.15, 0.2) is 71.6 Å². The van der Waals surface area contributed by atoms with Crippen LogP contribution in [-0.4, -0.2) is 59.1 Å². The Morgan fingerprint density at radius 3 is 2.24 bits per heavy atom. The van der Waals surface area contributed by atoms with Crippen molar-refractivity contribution in [2.24, 2.45) is 0 Å². The Morgan fingerprint density at radius 2 is 1.68 bits per heavy atom. The highest BCUT2D eigenvalue weighted by molar-refractivity contribution is 7.89. The first kappa shape index (κ1) is 30.4. The minimum Gasteiger partial charge on any atom is -0.497 e. The zero-order valence-electron chi connectivity index (χ0n) is 24.9. The van der Waals surface area contributed by atoms with Gasteiger partial charge < -0.3 is 19.3 Å². The molecule has 1 unspecified atom stereocenters. The zero-order chi connectivity index (χ0) is 29.8. The Balaban J connectivity index is 2.04. The lowest BCUT2D eigenvalue weighted by Gasteiger charge is -2.43. The molecule has 1 aliphatic heterocycles. The van der Waals surface area contributed by atoms with Crippen LogP contribution in [0.1, 0.15) is 55.5 Å². The molecule has 0 radical (unpaired) electrons. The van der Waals surface area contributed by atoms with Gasteiger partial charge in [-0.3, -0.25) is 0 Å². The molecule has 1 heterocycles. The Labute approximate surface area is 244 Å². The van der Waals surface area contributed by atoms with E-state index < -0.39 is 21.5 Å². The number of fused-ring (bicyclic) bond motifs is 1. The van der Waals surface area contributed by atoms with Crippen molar-refractivity contribution in [1.29, 1.82) is 0 Å². The lowest BCUT2D eigenvalue weighted by Crippen LogP contribution is -2.54. The smallest absolute Gasteiger partial charge is 0.340 e. The van der Waals surface area contributed by atoms with Crippen LogP contribution in [-0.2, 0) is 21.3 Å². The number of carbonyl (C=O) groups is 1. The van der Waals surface area contributed by atoms with Gasteiger partial charge >= 0.3 is 5.97 Å². The van der Waals surface area contributed by atoms with E-state index in [1.165, 1.54) is 13.2 Å². The Bertz CT molecular complexity index is 1460. The largest absolute Gasteiger partial charge is 0.497 e. The number of ether oxygens (including phenoxy) is 2. The Kier molecular flexibility index (Phi) is 9.29. The van der Waals surface area contributed by atoms with Gasteiger partial charge in [0.2, 0.25) is 10.0 Å². The summed E-state index contributed by atoms with van der Waals surface area (Å²) in [6.07, 6.45) is 3.12. The molecule has 3 aromatic rings. The molecule has 41 heavy (non-hydrogen) atoms. The highest BCUT2D eigenvalue weighted by Crippen LogP contribution is 2.46. The number of sulfonamides is 1. The van der Waals surface area contributed by atoms with E-state index in [9.17, 15) is 13.2 Å². The van der Waals surface area contributed by atoms with E-state index in [1.807, 2.05) is 79.7 Å². The van der Waals surface area contributed by atoms with Gasteiger partial charge in [0.15, 0.2) is 0 Å². The number of rotatable bonds is 10. The average molecular weight is 580 g/mol. The number of benzene rings is 3. The summed E-state index contributed by atoms with van der Waals surface area (Å²) < 4.78 is 41.9. The molecule has 0 spiro atoms. The van der Waals surface area contributed by atoms with Crippen molar-refractivity contribution < 1.29 is 22.7 Å². The van der Waals surface area contributed by atoms with Crippen LogP contribution in [0.5, 0.6) is 5.75 Å². The standard InChI is InChI=1S/C32H41N3O5S/c1-7-9-19-32(8-2)23-34(25-13-11-10-12-14-25)29-21-28(33(3)4)27(31(36)40-6)20-30(29)41(37,38)35(32)22-24-15-17-26(39-5)18-16-24/h10-18,20-21H,7-9,19,22-23H2,1-6H3. The van der Waals surface area contributed by atoms with Crippen LogP contribution in [0.3, 0.4) is 0 Å². The van der Waals surface area contributed by atoms with Crippen LogP contribution in [0.4, 0.5) is 17.1 Å². The number of unbranched alkanes of at least 4 members (excludes halogenated alkanes) is 1. The van der Waals surface area contributed by atoms with Crippen molar-refractivity contribution in [1.82, 2.24) is 4.31 Å². The predicted molar refractivity (Wildman–Crippen MR) is 164 cm³/mol. The lowest BCUT2D eigenvalue weighted by atomic mass is 9.88. The maximum atomic E-state index is 14.9. The van der Waals surface area contributed by atoms with E-state index in [0.717, 1.165) is 24.1 Å². The molecule has 9 heteroatoms. The predicted octanol–water partition coefficient (Wildman–Crippen LogP) is 6.23. The fourth-order valence-electron chi connectivity index (χ4n) is 5.61. The highest BCUT2D eigenvalue weighted by Gasteiger charge is 2.48. The Hall–Kier alpha value is -3.56. The van der Waals surface area contributed by atoms with E-state index in [4.69, 9.17) is 9.47 Å². The van der Waals surface area contributed by atoms with Gasteiger partial charge in [-0.2, -0.15) is 4.31 Å². The summed E-state index contributed by atoms with van der Waals surface area (Å²) in [7, 11) is 2.48. The fraction of sp³-hybridized carbons (Fsp3) is 0.406. The van der Waals surface area contributed by atoms with Gasteiger partial charge in [0.1, 0.15) is 10.6 Å². The quantitative estimate of drug-likeness (QED) is 0.264. The molecule has 0 aromatic heterocycles. The fourth-order valence-corrected chi connectivity index (χ4v) is 7.66. The number of para-hydroxylation sites is 1. The van der Waals surface area contributed by atoms with Crippen molar-refractivity contribution >= 4 is 33.1 Å². The first-order chi connectivity index (χ1) is 19.6. The SMILES string of the molecule is CCCCC1(CC)CN(c2ccccc2)c2cc(N(C)C)c(C(=O)OC)cc2S(=O)(=O)N1Cc1ccc(OC)cc1. The molecule has 220 valence electrons. The van der Waals surface area contributed by atoms with E-state index in [2.05, 4.69) is 18.7 Å². The number of esters is 1. The summed E-state index contributed by atoms with van der Waals surface area (Å²) in [6, 6.07) is 20.7. The van der Waals surface area contributed by atoms with Gasteiger partial charge in [0, 0.05) is 32.9 Å². The molecule has 0 aliphatic carbocycles. The molecule has 1 aliphatic rings. The summed E-state index contributed by atoms with van der Waals surface area (Å²) in [4.78, 5) is 17.0. The molecule has 0 N–H and O–H groups in total. The maximum Gasteiger partial charge on any atom is 0.340 e.